The van der Waals surface area contributed by atoms with Gasteiger partial charge in [-0.05, 0) is 189 Å². The first-order valence-electron chi connectivity index (χ1n) is 50.9. The molecule has 1 N–H and O–H groups in total. The summed E-state index contributed by atoms with van der Waals surface area (Å²) >= 11 is 1.61. The first-order valence-corrected chi connectivity index (χ1v) is 51.8. The predicted octanol–water partition coefficient (Wildman–Crippen LogP) is 15.0. The largest absolute Gasteiger partial charge is 0.381 e. The number of fused-ring (bicyclic) bond motifs is 8. The number of nitrogens with zero attached hydrogens (tertiary/aromatic N) is 27. The van der Waals surface area contributed by atoms with Crippen LogP contribution in [0.1, 0.15) is 175 Å². The molecule has 22 heterocycles. The molecule has 4 fully saturated rings. The Kier molecular flexibility index (Phi) is 26.2. The topological polar surface area (TPSA) is 311 Å². The molecular weight excluding hydrogens is 1840 g/mol. The molecule has 0 bridgehead atoms. The molecule has 0 radical (unpaired) electrons. The molecule has 744 valence electrons. The van der Waals surface area contributed by atoms with Gasteiger partial charge in [0.1, 0.15) is 11.8 Å². The van der Waals surface area contributed by atoms with Crippen molar-refractivity contribution < 1.29 is 41.9 Å². The van der Waals surface area contributed by atoms with Crippen molar-refractivity contribution in [1.82, 2.24) is 109 Å². The summed E-state index contributed by atoms with van der Waals surface area (Å²) < 4.78 is 64.9. The Bertz CT molecular complexity index is 6750. The molecule has 26 rings (SSSR count). The average Bonchev–Trinajstić information content (AvgIpc) is 1.61. The number of halogens is 2. The lowest BCUT2D eigenvalue weighted by Crippen LogP contribution is -2.40. The van der Waals surface area contributed by atoms with Crippen molar-refractivity contribution >= 4 is 86.0 Å². The molecule has 0 aliphatic carbocycles. The first kappa shape index (κ1) is 93.0. The molecule has 3 amide bonds. The Hall–Kier alpha value is -13.7. The highest BCUT2D eigenvalue weighted by molar-refractivity contribution is 7.13. The van der Waals surface area contributed by atoms with E-state index in [1.54, 1.807) is 29.2 Å². The number of amides is 3. The van der Waals surface area contributed by atoms with Gasteiger partial charge in [-0.2, -0.15) is 49.6 Å². The highest BCUT2D eigenvalue weighted by Crippen LogP contribution is 2.49. The number of aryl methyl sites for hydroxylation is 8. The maximum atomic E-state index is 13.3. The summed E-state index contributed by atoms with van der Waals surface area (Å²) in [5.41, 5.74) is 30.8. The monoisotopic (exact) mass is 1960 g/mol. The maximum absolute atomic E-state index is 13.3. The van der Waals surface area contributed by atoms with Crippen LogP contribution in [0.3, 0.4) is 0 Å². The standard InChI is InChI=1S/C27H31N7O2.C26H30F2N6O2.C26H30N8OS.C26H31N7O2/c1-31-17-21(16-28-31)19-4-5-24-20(15-19)3-2-10-33(24)27-23-18-32(26-9-14-36-30-26)11-6-25(23)34(29-27)22-7-12-35-13-8-22;1-31-15-19(14-29-31)17-4-5-22-18(13-17)3-2-9-33(22)25-21-16-32(26(35)24(27)28)10-6-23(21)34(30-25)20-7-11-36-12-8-20;1-31-15-20(14-28-31)18-4-5-23-19(13-18)3-2-9-33(23)25-22-16-32(26-29-27-17-36-26)10-6-24(22)34(30-25)21-7-11-35-12-8-21;1-17(34)31-11-8-24-22(16-31)26(29-33(24)21-7-9-27-25(35)13-21)32-10-3-4-19-12-18(5-6-23(19)32)20-14-28-30(2)15-20/h4-5,9,14-17,22H,2-3,6-8,10-13,18H2,1H3;4-5,13-15,20,24H,2-3,6-12,16H2,1H3;4-5,13-15,17,21H,2-3,6-12,16H2,1H3;5-6,12,14-15,21H,3-4,7-11,13,16H2,1-2H3,(H,27,35). The normalized spacial score (nSPS) is 18.7. The Labute approximate surface area is 832 Å². The summed E-state index contributed by atoms with van der Waals surface area (Å²) in [6.07, 6.45) is 33.2. The molecule has 0 saturated carbocycles. The zero-order valence-corrected chi connectivity index (χ0v) is 82.7. The van der Waals surface area contributed by atoms with Crippen LogP contribution in [0, 0.1) is 0 Å². The van der Waals surface area contributed by atoms with Crippen molar-refractivity contribution in [2.75, 3.05) is 128 Å². The van der Waals surface area contributed by atoms with Crippen LogP contribution in [0.4, 0.5) is 65.8 Å². The van der Waals surface area contributed by atoms with E-state index in [0.29, 0.717) is 57.8 Å². The van der Waals surface area contributed by atoms with Gasteiger partial charge >= 0.3 is 6.43 Å². The van der Waals surface area contributed by atoms with E-state index in [1.807, 2.05) is 95.9 Å². The number of hydrogen-bond donors (Lipinski definition) is 1. The Balaban J connectivity index is 0.000000106. The predicted molar refractivity (Wildman–Crippen MR) is 539 cm³/mol. The summed E-state index contributed by atoms with van der Waals surface area (Å²) in [5, 5.41) is 54.9. The summed E-state index contributed by atoms with van der Waals surface area (Å²) in [5.74, 6) is 3.90. The van der Waals surface area contributed by atoms with Crippen LogP contribution >= 0.6 is 11.3 Å². The minimum absolute atomic E-state index is 0.0624. The third kappa shape index (κ3) is 18.8. The molecule has 143 heavy (non-hydrogen) atoms. The highest BCUT2D eigenvalue weighted by atomic mass is 32.1. The van der Waals surface area contributed by atoms with Crippen LogP contribution in [0.2, 0.25) is 0 Å². The van der Waals surface area contributed by atoms with Gasteiger partial charge in [-0.15, -0.1) is 10.2 Å². The van der Waals surface area contributed by atoms with Crippen LogP contribution in [-0.4, -0.2) is 226 Å². The van der Waals surface area contributed by atoms with Crippen LogP contribution in [0.25, 0.3) is 44.5 Å². The van der Waals surface area contributed by atoms with Crippen molar-refractivity contribution in [3.8, 4) is 44.5 Å². The SMILES string of the molecule is CC(=O)N1CCc2c(c(N3CCCc4cc(-c5cnn(C)c5)ccc43)nn2C2CCNC(=O)C2)C1.Cn1cc(-c2ccc3c(c2)CCCN3c2nn(C3CCOCC3)c3c2CN(C(=O)C(F)F)CC3)cn1.Cn1cc(-c2ccc3c(c2)CCCN3c2nn(C3CCOCC3)c3c2CN(c2ccon2)CC3)cn1.Cn1cc(-c2ccc3c(c2)CCCN3c2nn(C3CCOCC3)c3c2CN(c2nncs2)CC3)cn1. The Morgan fingerprint density at radius 2 is 0.783 bits per heavy atom. The minimum atomic E-state index is -3.00. The zero-order valence-electron chi connectivity index (χ0n) is 81.8. The van der Waals surface area contributed by atoms with Crippen molar-refractivity contribution in [3.63, 3.8) is 0 Å². The molecule has 12 aliphatic rings. The third-order valence-corrected chi connectivity index (χ3v) is 31.5. The number of piperidine rings is 1. The van der Waals surface area contributed by atoms with E-state index in [9.17, 15) is 23.2 Å². The second-order valence-corrected chi connectivity index (χ2v) is 40.5. The van der Waals surface area contributed by atoms with E-state index in [2.05, 4.69) is 174 Å². The average molecular weight is 1960 g/mol. The van der Waals surface area contributed by atoms with Crippen LogP contribution < -0.4 is 34.7 Å². The molecule has 38 heteroatoms. The van der Waals surface area contributed by atoms with Gasteiger partial charge in [0.25, 0.3) is 5.91 Å². The lowest BCUT2D eigenvalue weighted by Gasteiger charge is -2.33. The Morgan fingerprint density at radius 1 is 0.420 bits per heavy atom. The number of carbonyl (C=O) groups is 3. The molecule has 1 unspecified atom stereocenters. The first-order chi connectivity index (χ1) is 70.0. The van der Waals surface area contributed by atoms with E-state index >= 15 is 0 Å². The fourth-order valence-electron chi connectivity index (χ4n) is 23.4. The number of alkyl halides is 2. The molecule has 0 spiro atoms. The van der Waals surface area contributed by atoms with E-state index < -0.39 is 12.3 Å². The van der Waals surface area contributed by atoms with Crippen LogP contribution in [0.15, 0.2) is 145 Å². The lowest BCUT2D eigenvalue weighted by molar-refractivity contribution is -0.143. The Morgan fingerprint density at radius 3 is 1.13 bits per heavy atom. The summed E-state index contributed by atoms with van der Waals surface area (Å²) in [7, 11) is 7.77. The van der Waals surface area contributed by atoms with Crippen molar-refractivity contribution in [2.45, 2.75) is 192 Å². The number of anilines is 10. The zero-order chi connectivity index (χ0) is 97.0. The molecule has 4 saturated heterocycles. The van der Waals surface area contributed by atoms with Gasteiger partial charge in [-0.3, -0.25) is 51.8 Å². The second kappa shape index (κ2) is 40.2. The van der Waals surface area contributed by atoms with Gasteiger partial charge in [0.15, 0.2) is 29.1 Å². The number of hydrogen-bond acceptors (Lipinski definition) is 25. The van der Waals surface area contributed by atoms with Crippen LogP contribution in [0.5, 0.6) is 0 Å². The van der Waals surface area contributed by atoms with E-state index in [4.69, 9.17) is 39.1 Å². The van der Waals surface area contributed by atoms with Gasteiger partial charge in [0, 0.05) is 287 Å². The number of rotatable bonds is 15. The van der Waals surface area contributed by atoms with Gasteiger partial charge in [-0.1, -0.05) is 40.8 Å². The van der Waals surface area contributed by atoms with Gasteiger partial charge < -0.3 is 63.2 Å². The van der Waals surface area contributed by atoms with E-state index in [-0.39, 0.29) is 37.0 Å². The second-order valence-electron chi connectivity index (χ2n) is 39.7. The van der Waals surface area contributed by atoms with Crippen molar-refractivity contribution in [3.05, 3.63) is 207 Å². The number of benzene rings is 4. The number of ether oxygens (including phenoxy) is 3. The highest BCUT2D eigenvalue weighted by Gasteiger charge is 2.42. The minimum Gasteiger partial charge on any atom is -0.381 e. The molecule has 1 atom stereocenters. The lowest BCUT2D eigenvalue weighted by atomic mass is 9.96. The number of nitrogens with one attached hydrogen (secondary N) is 1. The summed E-state index contributed by atoms with van der Waals surface area (Å²) in [6, 6.07) is 29.8. The van der Waals surface area contributed by atoms with Crippen molar-refractivity contribution in [1.29, 1.82) is 0 Å². The molecular formula is C105H122F2N28O7S. The van der Waals surface area contributed by atoms with Gasteiger partial charge in [0.2, 0.25) is 16.9 Å². The number of aromatic nitrogens is 19. The molecule has 14 aromatic rings. The quantitative estimate of drug-likeness (QED) is 0.0996. The fourth-order valence-corrected chi connectivity index (χ4v) is 24.0. The van der Waals surface area contributed by atoms with Gasteiger partial charge in [0.05, 0.1) is 75.1 Å². The third-order valence-electron chi connectivity index (χ3n) is 30.7. The smallest absolute Gasteiger partial charge is 0.315 e. The summed E-state index contributed by atoms with van der Waals surface area (Å²) in [4.78, 5) is 53.9. The van der Waals surface area contributed by atoms with Gasteiger partial charge in [-0.25, -0.2) is 0 Å². The molecule has 35 nitrogen and oxygen atoms in total. The van der Waals surface area contributed by atoms with E-state index in [1.165, 1.54) is 89.1 Å². The molecule has 10 aromatic heterocycles. The summed E-state index contributed by atoms with van der Waals surface area (Å²) in [6.45, 7) is 15.8. The molecule has 4 aromatic carbocycles. The van der Waals surface area contributed by atoms with Crippen LogP contribution in [-0.2, 0) is 134 Å². The van der Waals surface area contributed by atoms with Crippen molar-refractivity contribution in [2.24, 2.45) is 28.2 Å². The molecule has 12 aliphatic heterocycles. The maximum Gasteiger partial charge on any atom is 0.315 e. The number of carbonyl (C=O) groups excluding carboxylic acids is 3. The van der Waals surface area contributed by atoms with E-state index in [0.717, 1.165) is 279 Å². The fraction of sp³-hybridized carbons (Fsp3) is 0.467.